The van der Waals surface area contributed by atoms with Gasteiger partial charge < -0.3 is 4.74 Å². The summed E-state index contributed by atoms with van der Waals surface area (Å²) >= 11 is 11.5. The van der Waals surface area contributed by atoms with Crippen LogP contribution in [0.5, 0.6) is 5.75 Å². The molecule has 0 saturated carbocycles. The second-order valence-electron chi connectivity index (χ2n) is 3.31. The Kier molecular flexibility index (Phi) is 3.90. The van der Waals surface area contributed by atoms with Crippen molar-refractivity contribution in [1.29, 1.82) is 0 Å². The van der Waals surface area contributed by atoms with Gasteiger partial charge in [0.1, 0.15) is 5.75 Å². The summed E-state index contributed by atoms with van der Waals surface area (Å²) in [6.07, 6.45) is 0. The Hall–Kier alpha value is -0.510. The van der Waals surface area contributed by atoms with Crippen LogP contribution in [0.15, 0.2) is 39.5 Å². The van der Waals surface area contributed by atoms with Gasteiger partial charge in [-0.15, -0.1) is 11.6 Å². The lowest BCUT2D eigenvalue weighted by atomic mass is 10.1. The second kappa shape index (κ2) is 5.21. The number of thiophene rings is 1. The van der Waals surface area contributed by atoms with Crippen molar-refractivity contribution in [3.63, 3.8) is 0 Å². The summed E-state index contributed by atoms with van der Waals surface area (Å²) in [6.45, 7) is 0. The highest BCUT2D eigenvalue weighted by Crippen LogP contribution is 2.34. The highest BCUT2D eigenvalue weighted by Gasteiger charge is 2.12. The van der Waals surface area contributed by atoms with Crippen molar-refractivity contribution in [1.82, 2.24) is 0 Å². The van der Waals surface area contributed by atoms with E-state index in [4.69, 9.17) is 16.3 Å². The fourth-order valence-electron chi connectivity index (χ4n) is 1.45. The zero-order valence-corrected chi connectivity index (χ0v) is 11.8. The van der Waals surface area contributed by atoms with E-state index in [0.717, 1.165) is 21.3 Å². The molecule has 1 unspecified atom stereocenters. The van der Waals surface area contributed by atoms with Crippen molar-refractivity contribution in [2.24, 2.45) is 0 Å². The van der Waals surface area contributed by atoms with E-state index < -0.39 is 0 Å². The first-order valence-electron chi connectivity index (χ1n) is 4.72. The number of benzene rings is 1. The van der Waals surface area contributed by atoms with E-state index >= 15 is 0 Å². The minimum absolute atomic E-state index is 0.103. The zero-order valence-electron chi connectivity index (χ0n) is 8.61. The Morgan fingerprint density at radius 2 is 2.12 bits per heavy atom. The number of hydrogen-bond donors (Lipinski definition) is 0. The molecule has 0 aliphatic heterocycles. The van der Waals surface area contributed by atoms with Crippen LogP contribution in [0, 0.1) is 0 Å². The molecule has 0 fully saturated rings. The minimum Gasteiger partial charge on any atom is -0.496 e. The number of rotatable bonds is 3. The largest absolute Gasteiger partial charge is 0.496 e. The van der Waals surface area contributed by atoms with Crippen molar-refractivity contribution in [3.8, 4) is 5.75 Å². The highest BCUT2D eigenvalue weighted by molar-refractivity contribution is 9.10. The molecule has 84 valence electrons. The van der Waals surface area contributed by atoms with Gasteiger partial charge in [-0.05, 0) is 56.0 Å². The quantitative estimate of drug-likeness (QED) is 0.736. The van der Waals surface area contributed by atoms with Gasteiger partial charge in [0.25, 0.3) is 0 Å². The Balaban J connectivity index is 2.31. The lowest BCUT2D eigenvalue weighted by Gasteiger charge is -2.10. The number of alkyl halides is 1. The molecular formula is C12H10BrClOS. The first-order chi connectivity index (χ1) is 7.72. The molecule has 1 heterocycles. The average Bonchev–Trinajstić information content (AvgIpc) is 2.81. The summed E-state index contributed by atoms with van der Waals surface area (Å²) in [6, 6.07) is 7.94. The number of ether oxygens (including phenoxy) is 1. The topological polar surface area (TPSA) is 9.23 Å². The molecule has 1 aromatic heterocycles. The van der Waals surface area contributed by atoms with Gasteiger partial charge in [0.05, 0.1) is 17.0 Å². The molecule has 0 bridgehead atoms. The molecule has 4 heteroatoms. The van der Waals surface area contributed by atoms with Gasteiger partial charge in [-0.1, -0.05) is 6.07 Å². The fraction of sp³-hybridized carbons (Fsp3) is 0.167. The van der Waals surface area contributed by atoms with Crippen LogP contribution >= 0.6 is 38.9 Å². The van der Waals surface area contributed by atoms with Crippen molar-refractivity contribution < 1.29 is 4.74 Å². The molecule has 1 aromatic carbocycles. The first kappa shape index (κ1) is 12.0. The van der Waals surface area contributed by atoms with Crippen molar-refractivity contribution in [2.45, 2.75) is 5.38 Å². The second-order valence-corrected chi connectivity index (χ2v) is 5.38. The van der Waals surface area contributed by atoms with Gasteiger partial charge in [0.15, 0.2) is 0 Å². The summed E-state index contributed by atoms with van der Waals surface area (Å²) in [7, 11) is 1.65. The van der Waals surface area contributed by atoms with Crippen LogP contribution in [0.2, 0.25) is 0 Å². The summed E-state index contributed by atoms with van der Waals surface area (Å²) in [5, 5.41) is 3.99. The van der Waals surface area contributed by atoms with Crippen LogP contribution in [-0.4, -0.2) is 7.11 Å². The molecule has 1 nitrogen and oxygen atoms in total. The predicted molar refractivity (Wildman–Crippen MR) is 72.7 cm³/mol. The minimum atomic E-state index is -0.103. The molecule has 0 saturated heterocycles. The van der Waals surface area contributed by atoms with E-state index in [1.54, 1.807) is 18.4 Å². The van der Waals surface area contributed by atoms with Gasteiger partial charge in [-0.25, -0.2) is 0 Å². The van der Waals surface area contributed by atoms with Gasteiger partial charge in [0, 0.05) is 0 Å². The summed E-state index contributed by atoms with van der Waals surface area (Å²) < 4.78 is 6.11. The summed E-state index contributed by atoms with van der Waals surface area (Å²) in [4.78, 5) is 0. The molecule has 1 atom stereocenters. The summed E-state index contributed by atoms with van der Waals surface area (Å²) in [5.41, 5.74) is 2.19. The monoisotopic (exact) mass is 316 g/mol. The zero-order chi connectivity index (χ0) is 11.5. The molecule has 0 spiro atoms. The molecule has 0 aliphatic rings. The van der Waals surface area contributed by atoms with Crippen LogP contribution in [0.4, 0.5) is 0 Å². The molecule has 0 aliphatic carbocycles. The third-order valence-electron chi connectivity index (χ3n) is 2.30. The molecule has 2 aromatic rings. The van der Waals surface area contributed by atoms with Gasteiger partial charge >= 0.3 is 0 Å². The lowest BCUT2D eigenvalue weighted by molar-refractivity contribution is 0.412. The first-order valence-corrected chi connectivity index (χ1v) is 6.89. The number of halogens is 2. The van der Waals surface area contributed by atoms with Crippen LogP contribution in [0.3, 0.4) is 0 Å². The Morgan fingerprint density at radius 1 is 1.31 bits per heavy atom. The third kappa shape index (κ3) is 2.42. The normalized spacial score (nSPS) is 12.4. The maximum Gasteiger partial charge on any atom is 0.133 e. The number of hydrogen-bond acceptors (Lipinski definition) is 2. The van der Waals surface area contributed by atoms with Crippen LogP contribution < -0.4 is 4.74 Å². The Morgan fingerprint density at radius 3 is 2.69 bits per heavy atom. The van der Waals surface area contributed by atoms with Crippen molar-refractivity contribution >= 4 is 38.9 Å². The SMILES string of the molecule is COc1ccc(C(Cl)c2ccsc2)cc1Br. The van der Waals surface area contributed by atoms with Gasteiger partial charge in [0.2, 0.25) is 0 Å². The van der Waals surface area contributed by atoms with E-state index in [1.807, 2.05) is 29.6 Å². The van der Waals surface area contributed by atoms with E-state index in [2.05, 4.69) is 21.3 Å². The lowest BCUT2D eigenvalue weighted by Crippen LogP contribution is -1.92. The van der Waals surface area contributed by atoms with E-state index in [9.17, 15) is 0 Å². The Labute approximate surface area is 112 Å². The molecule has 0 radical (unpaired) electrons. The average molecular weight is 318 g/mol. The van der Waals surface area contributed by atoms with Gasteiger partial charge in [-0.3, -0.25) is 0 Å². The molecule has 2 rings (SSSR count). The van der Waals surface area contributed by atoms with E-state index in [1.165, 1.54) is 0 Å². The van der Waals surface area contributed by atoms with Crippen LogP contribution in [-0.2, 0) is 0 Å². The fourth-order valence-corrected chi connectivity index (χ4v) is 3.04. The summed E-state index contributed by atoms with van der Waals surface area (Å²) in [5.74, 6) is 0.818. The third-order valence-corrected chi connectivity index (χ3v) is 4.13. The number of methoxy groups -OCH3 is 1. The predicted octanol–water partition coefficient (Wildman–Crippen LogP) is 4.85. The van der Waals surface area contributed by atoms with E-state index in [-0.39, 0.29) is 5.38 Å². The maximum atomic E-state index is 6.39. The van der Waals surface area contributed by atoms with Crippen molar-refractivity contribution in [3.05, 3.63) is 50.6 Å². The highest BCUT2D eigenvalue weighted by atomic mass is 79.9. The van der Waals surface area contributed by atoms with E-state index in [0.29, 0.717) is 0 Å². The standard InChI is InChI=1S/C12H10BrClOS/c1-15-11-3-2-8(6-10(11)13)12(14)9-4-5-16-7-9/h2-7,12H,1H3. The van der Waals surface area contributed by atoms with Gasteiger partial charge in [-0.2, -0.15) is 11.3 Å². The van der Waals surface area contributed by atoms with Crippen molar-refractivity contribution in [2.75, 3.05) is 7.11 Å². The van der Waals surface area contributed by atoms with Crippen LogP contribution in [0.1, 0.15) is 16.5 Å². The van der Waals surface area contributed by atoms with Crippen LogP contribution in [0.25, 0.3) is 0 Å². The molecule has 0 N–H and O–H groups in total. The molecular weight excluding hydrogens is 308 g/mol. The smallest absolute Gasteiger partial charge is 0.133 e. The molecule has 16 heavy (non-hydrogen) atoms. The maximum absolute atomic E-state index is 6.39. The Bertz CT molecular complexity index is 470. The molecule has 0 amide bonds.